The Morgan fingerprint density at radius 3 is 2.48 bits per heavy atom. The molecule has 0 aliphatic heterocycles. The fourth-order valence-electron chi connectivity index (χ4n) is 2.00. The fourth-order valence-corrected chi connectivity index (χ4v) is 2.37. The molecule has 7 heteroatoms. The van der Waals surface area contributed by atoms with E-state index in [1.54, 1.807) is 0 Å². The van der Waals surface area contributed by atoms with Crippen LogP contribution < -0.4 is 5.32 Å². The maximum absolute atomic E-state index is 14.0. The van der Waals surface area contributed by atoms with E-state index in [1.807, 2.05) is 0 Å². The molecule has 1 aromatic rings. The van der Waals surface area contributed by atoms with Crippen LogP contribution in [0.5, 0.6) is 0 Å². The molecule has 1 aliphatic rings. The first-order valence-corrected chi connectivity index (χ1v) is 7.21. The van der Waals surface area contributed by atoms with Gasteiger partial charge in [-0.1, -0.05) is 0 Å². The van der Waals surface area contributed by atoms with Crippen LogP contribution in [0.1, 0.15) is 35.2 Å². The molecule has 0 spiro atoms. The molecular weight excluding hydrogens is 348 g/mol. The van der Waals surface area contributed by atoms with Crippen molar-refractivity contribution in [2.75, 3.05) is 12.4 Å². The lowest BCUT2D eigenvalue weighted by Gasteiger charge is -2.16. The van der Waals surface area contributed by atoms with Crippen LogP contribution in [-0.4, -0.2) is 19.0 Å². The number of anilines is 1. The maximum atomic E-state index is 14.0. The average Bonchev–Trinajstić information content (AvgIpc) is 3.25. The number of rotatable bonds is 4. The Labute approximate surface area is 129 Å². The van der Waals surface area contributed by atoms with Crippen molar-refractivity contribution < 1.29 is 23.1 Å². The number of esters is 1. The van der Waals surface area contributed by atoms with Gasteiger partial charge in [0.25, 0.3) is 0 Å². The molecule has 1 N–H and O–H groups in total. The molecule has 0 saturated heterocycles. The Balaban J connectivity index is 2.45. The van der Waals surface area contributed by atoms with Gasteiger partial charge in [0.05, 0.1) is 17.3 Å². The summed E-state index contributed by atoms with van der Waals surface area (Å²) in [7, 11) is 1.06. The maximum Gasteiger partial charge on any atom is 0.343 e. The number of methoxy groups -OCH3 is 1. The molecule has 4 nitrogen and oxygen atoms in total. The summed E-state index contributed by atoms with van der Waals surface area (Å²) in [5.41, 5.74) is -0.420. The van der Waals surface area contributed by atoms with Crippen molar-refractivity contribution in [2.24, 2.45) is 5.92 Å². The highest BCUT2D eigenvalue weighted by molar-refractivity contribution is 9.10. The van der Waals surface area contributed by atoms with Crippen LogP contribution in [0.2, 0.25) is 0 Å². The van der Waals surface area contributed by atoms with E-state index in [0.29, 0.717) is 12.3 Å². The van der Waals surface area contributed by atoms with E-state index in [2.05, 4.69) is 26.0 Å². The number of amides is 1. The molecule has 0 radical (unpaired) electrons. The highest BCUT2D eigenvalue weighted by atomic mass is 79.9. The topological polar surface area (TPSA) is 55.4 Å². The Hall–Kier alpha value is -1.50. The SMILES string of the molecule is COC(=O)c1c(F)c(F)c(Br)c(C)c1NC(=O)CC1CC1. The summed E-state index contributed by atoms with van der Waals surface area (Å²) >= 11 is 2.92. The molecule has 2 rings (SSSR count). The van der Waals surface area contributed by atoms with Gasteiger partial charge in [-0.25, -0.2) is 13.6 Å². The lowest BCUT2D eigenvalue weighted by atomic mass is 10.1. The van der Waals surface area contributed by atoms with Gasteiger partial charge in [-0.15, -0.1) is 0 Å². The molecule has 0 bridgehead atoms. The number of hydrogen-bond donors (Lipinski definition) is 1. The van der Waals surface area contributed by atoms with E-state index >= 15 is 0 Å². The Morgan fingerprint density at radius 1 is 1.33 bits per heavy atom. The van der Waals surface area contributed by atoms with Crippen molar-refractivity contribution in [1.82, 2.24) is 0 Å². The van der Waals surface area contributed by atoms with Crippen LogP contribution in [0.3, 0.4) is 0 Å². The third-order valence-corrected chi connectivity index (χ3v) is 4.33. The van der Waals surface area contributed by atoms with Crippen LogP contribution in [-0.2, 0) is 9.53 Å². The Morgan fingerprint density at radius 2 is 1.95 bits per heavy atom. The largest absolute Gasteiger partial charge is 0.465 e. The zero-order valence-corrected chi connectivity index (χ0v) is 13.1. The third kappa shape index (κ3) is 3.23. The third-order valence-electron chi connectivity index (χ3n) is 3.38. The number of ether oxygens (including phenoxy) is 1. The van der Waals surface area contributed by atoms with Crippen molar-refractivity contribution in [3.05, 3.63) is 27.2 Å². The zero-order chi connectivity index (χ0) is 15.7. The molecular formula is C14H14BrF2NO3. The average molecular weight is 362 g/mol. The van der Waals surface area contributed by atoms with E-state index in [1.165, 1.54) is 6.92 Å². The van der Waals surface area contributed by atoms with Crippen LogP contribution in [0, 0.1) is 24.5 Å². The second-order valence-electron chi connectivity index (χ2n) is 5.00. The molecule has 114 valence electrons. The van der Waals surface area contributed by atoms with Gasteiger partial charge in [0.15, 0.2) is 11.6 Å². The summed E-state index contributed by atoms with van der Waals surface area (Å²) in [4.78, 5) is 23.6. The first kappa shape index (κ1) is 15.9. The van der Waals surface area contributed by atoms with Gasteiger partial charge in [-0.2, -0.15) is 0 Å². The van der Waals surface area contributed by atoms with Gasteiger partial charge < -0.3 is 10.1 Å². The molecule has 0 unspecified atom stereocenters. The molecule has 1 aromatic carbocycles. The predicted octanol–water partition coefficient (Wildman–Crippen LogP) is 3.56. The number of hydrogen-bond acceptors (Lipinski definition) is 3. The minimum Gasteiger partial charge on any atom is -0.465 e. The summed E-state index contributed by atoms with van der Waals surface area (Å²) in [6, 6.07) is 0. The second kappa shape index (κ2) is 6.09. The van der Waals surface area contributed by atoms with E-state index in [4.69, 9.17) is 0 Å². The Bertz CT molecular complexity index is 615. The first-order chi connectivity index (χ1) is 9.86. The molecule has 0 heterocycles. The molecule has 1 fully saturated rings. The van der Waals surface area contributed by atoms with Gasteiger partial charge in [0, 0.05) is 6.42 Å². The molecule has 1 saturated carbocycles. The van der Waals surface area contributed by atoms with Gasteiger partial charge in [0.2, 0.25) is 5.91 Å². The molecule has 0 aromatic heterocycles. The van der Waals surface area contributed by atoms with Crippen molar-refractivity contribution >= 4 is 33.5 Å². The smallest absolute Gasteiger partial charge is 0.343 e. The Kier molecular flexibility index (Phi) is 4.61. The number of carbonyl (C=O) groups is 2. The van der Waals surface area contributed by atoms with E-state index < -0.39 is 23.2 Å². The van der Waals surface area contributed by atoms with Crippen LogP contribution >= 0.6 is 15.9 Å². The standard InChI is InChI=1S/C14H14BrF2NO3/c1-6-10(15)12(17)11(16)9(14(20)21-2)13(6)18-8(19)5-7-3-4-7/h7H,3-5H2,1-2H3,(H,18,19). The first-order valence-electron chi connectivity index (χ1n) is 6.42. The van der Waals surface area contributed by atoms with Crippen molar-refractivity contribution in [1.29, 1.82) is 0 Å². The summed E-state index contributed by atoms with van der Waals surface area (Å²) in [6.45, 7) is 1.48. The van der Waals surface area contributed by atoms with Crippen molar-refractivity contribution in [2.45, 2.75) is 26.2 Å². The lowest BCUT2D eigenvalue weighted by molar-refractivity contribution is -0.116. The van der Waals surface area contributed by atoms with Gasteiger partial charge in [-0.3, -0.25) is 4.79 Å². The van der Waals surface area contributed by atoms with Gasteiger partial charge in [-0.05, 0) is 47.2 Å². The zero-order valence-electron chi connectivity index (χ0n) is 11.6. The van der Waals surface area contributed by atoms with E-state index in [-0.39, 0.29) is 21.6 Å². The van der Waals surface area contributed by atoms with Crippen molar-refractivity contribution in [3.8, 4) is 0 Å². The summed E-state index contributed by atoms with van der Waals surface area (Å²) in [5.74, 6) is -3.57. The minimum absolute atomic E-state index is 0.0572. The molecule has 1 aliphatic carbocycles. The highest BCUT2D eigenvalue weighted by Crippen LogP contribution is 2.36. The molecule has 0 atom stereocenters. The second-order valence-corrected chi connectivity index (χ2v) is 5.80. The summed E-state index contributed by atoms with van der Waals surface area (Å²) < 4.78 is 32.1. The number of halogens is 3. The minimum atomic E-state index is -1.35. The monoisotopic (exact) mass is 361 g/mol. The summed E-state index contributed by atoms with van der Waals surface area (Å²) in [6.07, 6.45) is 2.27. The highest BCUT2D eigenvalue weighted by Gasteiger charge is 2.29. The van der Waals surface area contributed by atoms with Gasteiger partial charge in [0.1, 0.15) is 5.56 Å². The lowest BCUT2D eigenvalue weighted by Crippen LogP contribution is -2.19. The molecule has 21 heavy (non-hydrogen) atoms. The number of carbonyl (C=O) groups excluding carboxylic acids is 2. The van der Waals surface area contributed by atoms with Crippen LogP contribution in [0.25, 0.3) is 0 Å². The fraction of sp³-hybridized carbons (Fsp3) is 0.429. The van der Waals surface area contributed by atoms with Crippen molar-refractivity contribution in [3.63, 3.8) is 0 Å². The quantitative estimate of drug-likeness (QED) is 0.658. The molecule has 1 amide bonds. The van der Waals surface area contributed by atoms with E-state index in [9.17, 15) is 18.4 Å². The predicted molar refractivity (Wildman–Crippen MR) is 76.1 cm³/mol. The number of benzene rings is 1. The van der Waals surface area contributed by atoms with Gasteiger partial charge >= 0.3 is 5.97 Å². The number of nitrogens with one attached hydrogen (secondary N) is 1. The van der Waals surface area contributed by atoms with Crippen LogP contribution in [0.4, 0.5) is 14.5 Å². The normalized spacial score (nSPS) is 14.0. The summed E-state index contributed by atoms with van der Waals surface area (Å²) in [5, 5.41) is 2.50. The van der Waals surface area contributed by atoms with E-state index in [0.717, 1.165) is 20.0 Å². The van der Waals surface area contributed by atoms with Crippen LogP contribution in [0.15, 0.2) is 4.47 Å².